The smallest absolute Gasteiger partial charge is 0.253 e. The SMILES string of the molecule is NCCCN1CCN(C(=O)c2ccc(Cl)cc2)CC1. The Bertz CT molecular complexity index is 413. The molecule has 0 atom stereocenters. The van der Waals surface area contributed by atoms with Crippen LogP contribution in [0.25, 0.3) is 0 Å². The average molecular weight is 282 g/mol. The lowest BCUT2D eigenvalue weighted by molar-refractivity contribution is 0.0636. The summed E-state index contributed by atoms with van der Waals surface area (Å²) in [6.45, 7) is 5.18. The van der Waals surface area contributed by atoms with E-state index in [4.69, 9.17) is 17.3 Å². The minimum absolute atomic E-state index is 0.0927. The van der Waals surface area contributed by atoms with Gasteiger partial charge in [-0.25, -0.2) is 0 Å². The van der Waals surface area contributed by atoms with Gasteiger partial charge in [0.15, 0.2) is 0 Å². The minimum Gasteiger partial charge on any atom is -0.336 e. The number of nitrogens with zero attached hydrogens (tertiary/aromatic N) is 2. The molecule has 0 radical (unpaired) electrons. The van der Waals surface area contributed by atoms with Crippen molar-refractivity contribution < 1.29 is 4.79 Å². The quantitative estimate of drug-likeness (QED) is 0.909. The number of carbonyl (C=O) groups is 1. The molecule has 1 amide bonds. The van der Waals surface area contributed by atoms with E-state index in [1.165, 1.54) is 0 Å². The number of rotatable bonds is 4. The van der Waals surface area contributed by atoms with Gasteiger partial charge in [0.25, 0.3) is 5.91 Å². The van der Waals surface area contributed by atoms with Crippen LogP contribution in [0.15, 0.2) is 24.3 Å². The number of hydrogen-bond acceptors (Lipinski definition) is 3. The van der Waals surface area contributed by atoms with E-state index in [2.05, 4.69) is 4.90 Å². The fourth-order valence-corrected chi connectivity index (χ4v) is 2.39. The predicted octanol–water partition coefficient (Wildman–Crippen LogP) is 1.45. The van der Waals surface area contributed by atoms with Gasteiger partial charge in [-0.1, -0.05) is 11.6 Å². The molecular weight excluding hydrogens is 262 g/mol. The van der Waals surface area contributed by atoms with E-state index in [-0.39, 0.29) is 5.91 Å². The summed E-state index contributed by atoms with van der Waals surface area (Å²) in [4.78, 5) is 16.5. The standard InChI is InChI=1S/C14H20ClN3O/c15-13-4-2-12(3-5-13)14(19)18-10-8-17(9-11-18)7-1-6-16/h2-5H,1,6-11,16H2. The number of hydrogen-bond donors (Lipinski definition) is 1. The minimum atomic E-state index is 0.0927. The summed E-state index contributed by atoms with van der Waals surface area (Å²) in [5, 5.41) is 0.656. The Morgan fingerprint density at radius 3 is 2.37 bits per heavy atom. The third-order valence-electron chi connectivity index (χ3n) is 3.43. The van der Waals surface area contributed by atoms with Gasteiger partial charge in [0.05, 0.1) is 0 Å². The Kier molecular flexibility index (Phi) is 5.19. The Morgan fingerprint density at radius 1 is 1.16 bits per heavy atom. The van der Waals surface area contributed by atoms with Crippen molar-refractivity contribution in [3.63, 3.8) is 0 Å². The molecule has 1 aromatic carbocycles. The summed E-state index contributed by atoms with van der Waals surface area (Å²) in [6.07, 6.45) is 1.02. The highest BCUT2D eigenvalue weighted by Gasteiger charge is 2.21. The molecule has 5 heteroatoms. The molecule has 0 spiro atoms. The number of carbonyl (C=O) groups excluding carboxylic acids is 1. The highest BCUT2D eigenvalue weighted by Crippen LogP contribution is 2.13. The second kappa shape index (κ2) is 6.89. The zero-order valence-corrected chi connectivity index (χ0v) is 11.8. The van der Waals surface area contributed by atoms with Crippen LogP contribution in [-0.2, 0) is 0 Å². The Balaban J connectivity index is 1.87. The molecule has 2 N–H and O–H groups in total. The molecule has 1 fully saturated rings. The first-order valence-corrected chi connectivity index (χ1v) is 7.06. The molecule has 0 unspecified atom stereocenters. The molecule has 0 saturated carbocycles. The summed E-state index contributed by atoms with van der Waals surface area (Å²) in [5.41, 5.74) is 6.22. The van der Waals surface area contributed by atoms with Crippen LogP contribution >= 0.6 is 11.6 Å². The molecule has 1 heterocycles. The van der Waals surface area contributed by atoms with E-state index in [0.717, 1.165) is 45.7 Å². The summed E-state index contributed by atoms with van der Waals surface area (Å²) in [5.74, 6) is 0.0927. The number of amides is 1. The molecule has 19 heavy (non-hydrogen) atoms. The van der Waals surface area contributed by atoms with Crippen LogP contribution in [0, 0.1) is 0 Å². The van der Waals surface area contributed by atoms with Crippen LogP contribution in [0.3, 0.4) is 0 Å². The van der Waals surface area contributed by atoms with Crippen LogP contribution in [0.1, 0.15) is 16.8 Å². The topological polar surface area (TPSA) is 49.6 Å². The molecule has 1 aliphatic rings. The summed E-state index contributed by atoms with van der Waals surface area (Å²) in [6, 6.07) is 7.08. The first-order chi connectivity index (χ1) is 9.20. The van der Waals surface area contributed by atoms with Crippen molar-refractivity contribution in [1.29, 1.82) is 0 Å². The normalized spacial score (nSPS) is 16.6. The monoisotopic (exact) mass is 281 g/mol. The lowest BCUT2D eigenvalue weighted by Gasteiger charge is -2.34. The molecule has 0 bridgehead atoms. The zero-order valence-electron chi connectivity index (χ0n) is 11.0. The van der Waals surface area contributed by atoms with Gasteiger partial charge < -0.3 is 10.6 Å². The molecule has 0 aliphatic carbocycles. The molecule has 2 rings (SSSR count). The highest BCUT2D eigenvalue weighted by molar-refractivity contribution is 6.30. The van der Waals surface area contributed by atoms with Crippen LogP contribution < -0.4 is 5.73 Å². The third-order valence-corrected chi connectivity index (χ3v) is 3.68. The third kappa shape index (κ3) is 3.93. The lowest BCUT2D eigenvalue weighted by atomic mass is 10.2. The van der Waals surface area contributed by atoms with Crippen LogP contribution in [0.4, 0.5) is 0 Å². The maximum atomic E-state index is 12.3. The molecule has 1 aliphatic heterocycles. The van der Waals surface area contributed by atoms with E-state index < -0.39 is 0 Å². The van der Waals surface area contributed by atoms with E-state index in [0.29, 0.717) is 10.6 Å². The van der Waals surface area contributed by atoms with E-state index in [9.17, 15) is 4.79 Å². The summed E-state index contributed by atoms with van der Waals surface area (Å²) < 4.78 is 0. The lowest BCUT2D eigenvalue weighted by Crippen LogP contribution is -2.49. The largest absolute Gasteiger partial charge is 0.336 e. The zero-order chi connectivity index (χ0) is 13.7. The average Bonchev–Trinajstić information content (AvgIpc) is 2.46. The first-order valence-electron chi connectivity index (χ1n) is 6.68. The fourth-order valence-electron chi connectivity index (χ4n) is 2.26. The van der Waals surface area contributed by atoms with Crippen molar-refractivity contribution in [2.24, 2.45) is 5.73 Å². The van der Waals surface area contributed by atoms with Gasteiger partial charge in [0.1, 0.15) is 0 Å². The molecule has 4 nitrogen and oxygen atoms in total. The molecule has 1 aromatic rings. The van der Waals surface area contributed by atoms with Crippen molar-refractivity contribution in [3.05, 3.63) is 34.9 Å². The van der Waals surface area contributed by atoms with Gasteiger partial charge in [0, 0.05) is 36.8 Å². The second-order valence-corrected chi connectivity index (χ2v) is 5.22. The predicted molar refractivity (Wildman–Crippen MR) is 77.5 cm³/mol. The first kappa shape index (κ1) is 14.3. The van der Waals surface area contributed by atoms with Crippen molar-refractivity contribution >= 4 is 17.5 Å². The summed E-state index contributed by atoms with van der Waals surface area (Å²) in [7, 11) is 0. The Hall–Kier alpha value is -1.10. The molecule has 1 saturated heterocycles. The number of nitrogens with two attached hydrogens (primary N) is 1. The van der Waals surface area contributed by atoms with E-state index in [1.807, 2.05) is 4.90 Å². The van der Waals surface area contributed by atoms with Gasteiger partial charge in [-0.3, -0.25) is 9.69 Å². The molecular formula is C14H20ClN3O. The van der Waals surface area contributed by atoms with Crippen molar-refractivity contribution in [2.75, 3.05) is 39.3 Å². The van der Waals surface area contributed by atoms with Gasteiger partial charge in [0.2, 0.25) is 0 Å². The number of piperazine rings is 1. The van der Waals surface area contributed by atoms with E-state index in [1.54, 1.807) is 24.3 Å². The molecule has 104 valence electrons. The van der Waals surface area contributed by atoms with Gasteiger partial charge in [-0.05, 0) is 43.8 Å². The van der Waals surface area contributed by atoms with Crippen LogP contribution in [0.2, 0.25) is 5.02 Å². The van der Waals surface area contributed by atoms with Crippen molar-refractivity contribution in [2.45, 2.75) is 6.42 Å². The van der Waals surface area contributed by atoms with Gasteiger partial charge >= 0.3 is 0 Å². The number of halogens is 1. The number of benzene rings is 1. The Labute approximate surface area is 119 Å². The van der Waals surface area contributed by atoms with Crippen LogP contribution in [-0.4, -0.2) is 55.0 Å². The van der Waals surface area contributed by atoms with Gasteiger partial charge in [-0.2, -0.15) is 0 Å². The second-order valence-electron chi connectivity index (χ2n) is 4.78. The van der Waals surface area contributed by atoms with E-state index >= 15 is 0 Å². The van der Waals surface area contributed by atoms with Gasteiger partial charge in [-0.15, -0.1) is 0 Å². The maximum absolute atomic E-state index is 12.3. The molecule has 0 aromatic heterocycles. The summed E-state index contributed by atoms with van der Waals surface area (Å²) >= 11 is 5.83. The van der Waals surface area contributed by atoms with Crippen molar-refractivity contribution in [1.82, 2.24) is 9.80 Å². The highest BCUT2D eigenvalue weighted by atomic mass is 35.5. The Morgan fingerprint density at radius 2 is 1.79 bits per heavy atom. The van der Waals surface area contributed by atoms with Crippen molar-refractivity contribution in [3.8, 4) is 0 Å². The van der Waals surface area contributed by atoms with Crippen LogP contribution in [0.5, 0.6) is 0 Å². The fraction of sp³-hybridized carbons (Fsp3) is 0.500. The maximum Gasteiger partial charge on any atom is 0.253 e.